The molecule has 2 unspecified atom stereocenters. The predicted molar refractivity (Wildman–Crippen MR) is 59.6 cm³/mol. The highest BCUT2D eigenvalue weighted by Crippen LogP contribution is 2.29. The van der Waals surface area contributed by atoms with E-state index in [4.69, 9.17) is 0 Å². The third kappa shape index (κ3) is 2.92. The zero-order valence-corrected chi connectivity index (χ0v) is 9.41. The summed E-state index contributed by atoms with van der Waals surface area (Å²) in [5, 5.41) is 23.1. The molecule has 15 heavy (non-hydrogen) atoms. The van der Waals surface area contributed by atoms with Gasteiger partial charge in [-0.2, -0.15) is 0 Å². The molecule has 0 radical (unpaired) electrons. The van der Waals surface area contributed by atoms with Crippen LogP contribution in [0.25, 0.3) is 0 Å². The van der Waals surface area contributed by atoms with Crippen molar-refractivity contribution in [3.05, 3.63) is 0 Å². The third-order valence-corrected chi connectivity index (χ3v) is 4.01. The molecule has 0 amide bonds. The average Bonchev–Trinajstić information content (AvgIpc) is 2.78. The van der Waals surface area contributed by atoms with Crippen molar-refractivity contribution in [2.24, 2.45) is 5.92 Å². The normalized spacial score (nSPS) is 34.8. The SMILES string of the molecule is OC1CCCC1CNCC1(O)CCCC1. The van der Waals surface area contributed by atoms with Crippen molar-refractivity contribution >= 4 is 0 Å². The molecule has 0 aliphatic heterocycles. The summed E-state index contributed by atoms with van der Waals surface area (Å²) >= 11 is 0. The molecule has 2 rings (SSSR count). The highest BCUT2D eigenvalue weighted by atomic mass is 16.3. The van der Waals surface area contributed by atoms with Gasteiger partial charge in [0.2, 0.25) is 0 Å². The summed E-state index contributed by atoms with van der Waals surface area (Å²) in [4.78, 5) is 0. The molecule has 0 aromatic heterocycles. The van der Waals surface area contributed by atoms with E-state index in [9.17, 15) is 10.2 Å². The van der Waals surface area contributed by atoms with Gasteiger partial charge in [0.05, 0.1) is 11.7 Å². The summed E-state index contributed by atoms with van der Waals surface area (Å²) in [5.41, 5.74) is -0.455. The molecule has 88 valence electrons. The van der Waals surface area contributed by atoms with Gasteiger partial charge in [-0.25, -0.2) is 0 Å². The molecule has 2 saturated carbocycles. The Labute approximate surface area is 91.9 Å². The molecule has 3 N–H and O–H groups in total. The first-order valence-corrected chi connectivity index (χ1v) is 6.31. The van der Waals surface area contributed by atoms with Crippen molar-refractivity contribution in [1.82, 2.24) is 5.32 Å². The quantitative estimate of drug-likeness (QED) is 0.654. The number of aliphatic hydroxyl groups excluding tert-OH is 1. The molecule has 0 saturated heterocycles. The van der Waals surface area contributed by atoms with E-state index in [1.807, 2.05) is 0 Å². The highest BCUT2D eigenvalue weighted by Gasteiger charge is 2.31. The van der Waals surface area contributed by atoms with E-state index >= 15 is 0 Å². The predicted octanol–water partition coefficient (Wildman–Crippen LogP) is 1.04. The molecule has 3 nitrogen and oxygen atoms in total. The van der Waals surface area contributed by atoms with Gasteiger partial charge in [-0.15, -0.1) is 0 Å². The van der Waals surface area contributed by atoms with Crippen LogP contribution in [-0.2, 0) is 0 Å². The number of hydrogen-bond acceptors (Lipinski definition) is 3. The first kappa shape index (κ1) is 11.4. The second-order valence-electron chi connectivity index (χ2n) is 5.32. The monoisotopic (exact) mass is 213 g/mol. The molecule has 2 aliphatic rings. The van der Waals surface area contributed by atoms with Gasteiger partial charge < -0.3 is 15.5 Å². The molecule has 0 aromatic rings. The minimum Gasteiger partial charge on any atom is -0.393 e. The lowest BCUT2D eigenvalue weighted by molar-refractivity contribution is 0.0442. The van der Waals surface area contributed by atoms with E-state index in [2.05, 4.69) is 5.32 Å². The van der Waals surface area contributed by atoms with Crippen LogP contribution in [0.4, 0.5) is 0 Å². The van der Waals surface area contributed by atoms with Crippen LogP contribution in [0, 0.1) is 5.92 Å². The van der Waals surface area contributed by atoms with Crippen molar-refractivity contribution in [2.75, 3.05) is 13.1 Å². The van der Waals surface area contributed by atoms with Crippen LogP contribution >= 0.6 is 0 Å². The van der Waals surface area contributed by atoms with Crippen LogP contribution < -0.4 is 5.32 Å². The first-order valence-electron chi connectivity index (χ1n) is 6.31. The third-order valence-electron chi connectivity index (χ3n) is 4.01. The van der Waals surface area contributed by atoms with Crippen molar-refractivity contribution in [2.45, 2.75) is 56.7 Å². The van der Waals surface area contributed by atoms with Gasteiger partial charge in [0.1, 0.15) is 0 Å². The largest absolute Gasteiger partial charge is 0.393 e. The summed E-state index contributed by atoms with van der Waals surface area (Å²) in [6.45, 7) is 1.57. The fraction of sp³-hybridized carbons (Fsp3) is 1.00. The maximum Gasteiger partial charge on any atom is 0.0771 e. The average molecular weight is 213 g/mol. The topological polar surface area (TPSA) is 52.5 Å². The first-order chi connectivity index (χ1) is 7.20. The van der Waals surface area contributed by atoms with Crippen LogP contribution in [0.5, 0.6) is 0 Å². The van der Waals surface area contributed by atoms with Crippen molar-refractivity contribution in [3.8, 4) is 0 Å². The Balaban J connectivity index is 1.65. The Morgan fingerprint density at radius 3 is 2.47 bits per heavy atom. The smallest absolute Gasteiger partial charge is 0.0771 e. The van der Waals surface area contributed by atoms with Crippen molar-refractivity contribution in [3.63, 3.8) is 0 Å². The summed E-state index contributed by atoms with van der Waals surface area (Å²) in [5.74, 6) is 0.412. The van der Waals surface area contributed by atoms with Crippen molar-refractivity contribution in [1.29, 1.82) is 0 Å². The summed E-state index contributed by atoms with van der Waals surface area (Å²) in [6.07, 6.45) is 7.31. The van der Waals surface area contributed by atoms with Gasteiger partial charge >= 0.3 is 0 Å². The van der Waals surface area contributed by atoms with E-state index in [0.717, 1.165) is 51.5 Å². The van der Waals surface area contributed by atoms with E-state index in [1.165, 1.54) is 0 Å². The van der Waals surface area contributed by atoms with E-state index in [-0.39, 0.29) is 6.10 Å². The Morgan fingerprint density at radius 2 is 1.87 bits per heavy atom. The summed E-state index contributed by atoms with van der Waals surface area (Å²) in [7, 11) is 0. The van der Waals surface area contributed by atoms with Gasteiger partial charge in [0.25, 0.3) is 0 Å². The van der Waals surface area contributed by atoms with Crippen molar-refractivity contribution < 1.29 is 10.2 Å². The summed E-state index contributed by atoms with van der Waals surface area (Å²) < 4.78 is 0. The Kier molecular flexibility index (Phi) is 3.65. The fourth-order valence-corrected chi connectivity index (χ4v) is 2.96. The minimum atomic E-state index is -0.455. The lowest BCUT2D eigenvalue weighted by Crippen LogP contribution is -2.40. The lowest BCUT2D eigenvalue weighted by Gasteiger charge is -2.24. The van der Waals surface area contributed by atoms with E-state index in [1.54, 1.807) is 0 Å². The van der Waals surface area contributed by atoms with Gasteiger partial charge in [-0.3, -0.25) is 0 Å². The van der Waals surface area contributed by atoms with Gasteiger partial charge in [-0.05, 0) is 31.6 Å². The molecule has 3 heteroatoms. The molecule has 2 fully saturated rings. The molecular weight excluding hydrogens is 190 g/mol. The minimum absolute atomic E-state index is 0.115. The zero-order chi connectivity index (χ0) is 10.7. The van der Waals surface area contributed by atoms with Crippen LogP contribution in [0.3, 0.4) is 0 Å². The van der Waals surface area contributed by atoms with E-state index < -0.39 is 5.60 Å². The van der Waals surface area contributed by atoms with Crippen LogP contribution in [0.1, 0.15) is 44.9 Å². The zero-order valence-electron chi connectivity index (χ0n) is 9.41. The van der Waals surface area contributed by atoms with Crippen LogP contribution in [0.15, 0.2) is 0 Å². The standard InChI is InChI=1S/C12H23NO2/c14-11-5-3-4-10(11)8-13-9-12(15)6-1-2-7-12/h10-11,13-15H,1-9H2. The Hall–Kier alpha value is -0.120. The number of hydrogen-bond donors (Lipinski definition) is 3. The molecule has 0 bridgehead atoms. The van der Waals surface area contributed by atoms with Crippen LogP contribution in [-0.4, -0.2) is 35.0 Å². The second-order valence-corrected chi connectivity index (χ2v) is 5.32. The molecule has 2 atom stereocenters. The molecule has 0 spiro atoms. The van der Waals surface area contributed by atoms with Gasteiger partial charge in [0.15, 0.2) is 0 Å². The van der Waals surface area contributed by atoms with Crippen LogP contribution in [0.2, 0.25) is 0 Å². The molecular formula is C12H23NO2. The molecule has 0 heterocycles. The van der Waals surface area contributed by atoms with E-state index in [0.29, 0.717) is 12.5 Å². The lowest BCUT2D eigenvalue weighted by atomic mass is 10.0. The molecule has 0 aromatic carbocycles. The maximum atomic E-state index is 10.1. The highest BCUT2D eigenvalue weighted by molar-refractivity contribution is 4.87. The second kappa shape index (κ2) is 4.81. The maximum absolute atomic E-state index is 10.1. The van der Waals surface area contributed by atoms with Gasteiger partial charge in [-0.1, -0.05) is 19.3 Å². The number of nitrogens with one attached hydrogen (secondary N) is 1. The fourth-order valence-electron chi connectivity index (χ4n) is 2.96. The number of rotatable bonds is 4. The number of aliphatic hydroxyl groups is 2. The van der Waals surface area contributed by atoms with Gasteiger partial charge in [0, 0.05) is 13.1 Å². The summed E-state index contributed by atoms with van der Waals surface area (Å²) in [6, 6.07) is 0. The molecule has 2 aliphatic carbocycles. The Morgan fingerprint density at radius 1 is 1.13 bits per heavy atom. The Bertz CT molecular complexity index is 202.